The number of esters is 1. The smallest absolute Gasteiger partial charge is 0.341 e. The van der Waals surface area contributed by atoms with E-state index in [-0.39, 0.29) is 5.91 Å². The summed E-state index contributed by atoms with van der Waals surface area (Å²) in [5, 5.41) is 5.15. The van der Waals surface area contributed by atoms with Gasteiger partial charge in [0.1, 0.15) is 5.00 Å². The fraction of sp³-hybridized carbons (Fsp3) is 0.286. The van der Waals surface area contributed by atoms with Gasteiger partial charge in [0, 0.05) is 15.1 Å². The number of aryl methyl sites for hydroxylation is 2. The van der Waals surface area contributed by atoms with Gasteiger partial charge >= 0.3 is 5.97 Å². The van der Waals surface area contributed by atoms with E-state index < -0.39 is 5.97 Å². The van der Waals surface area contributed by atoms with Crippen LogP contribution in [-0.4, -0.2) is 19.0 Å². The first-order valence-corrected chi connectivity index (χ1v) is 7.68. The molecule has 2 rings (SSSR count). The predicted molar refractivity (Wildman–Crippen MR) is 82.1 cm³/mol. The molecule has 20 heavy (non-hydrogen) atoms. The normalized spacial score (nSPS) is 10.4. The zero-order valence-corrected chi connectivity index (χ0v) is 13.3. The highest BCUT2D eigenvalue weighted by atomic mass is 32.1. The van der Waals surface area contributed by atoms with Gasteiger partial charge in [-0.25, -0.2) is 4.79 Å². The highest BCUT2D eigenvalue weighted by Crippen LogP contribution is 2.33. The zero-order chi connectivity index (χ0) is 14.9. The SMILES string of the molecule is COC(=O)c1c(NC(=O)c2csc(C)c2)sc(C)c1C. The number of ether oxygens (including phenoxy) is 1. The van der Waals surface area contributed by atoms with E-state index in [0.29, 0.717) is 16.1 Å². The van der Waals surface area contributed by atoms with Crippen LogP contribution in [0.25, 0.3) is 0 Å². The Morgan fingerprint density at radius 2 is 1.95 bits per heavy atom. The van der Waals surface area contributed by atoms with E-state index in [9.17, 15) is 9.59 Å². The lowest BCUT2D eigenvalue weighted by molar-refractivity contribution is 0.0601. The van der Waals surface area contributed by atoms with Crippen molar-refractivity contribution in [2.24, 2.45) is 0 Å². The number of carbonyl (C=O) groups excluding carboxylic acids is 2. The molecule has 0 aliphatic heterocycles. The van der Waals surface area contributed by atoms with Crippen LogP contribution in [0.3, 0.4) is 0 Å². The second-order valence-corrected chi connectivity index (χ2v) is 6.72. The Labute approximate surface area is 125 Å². The van der Waals surface area contributed by atoms with E-state index in [1.165, 1.54) is 29.8 Å². The van der Waals surface area contributed by atoms with Gasteiger partial charge < -0.3 is 10.1 Å². The molecule has 0 aliphatic rings. The molecule has 1 N–H and O–H groups in total. The maximum Gasteiger partial charge on any atom is 0.341 e. The Kier molecular flexibility index (Phi) is 4.25. The maximum atomic E-state index is 12.2. The standard InChI is InChI=1S/C14H15NO3S2/c1-7-5-10(6-19-7)12(16)15-13-11(14(17)18-4)8(2)9(3)20-13/h5-6H,1-4H3,(H,15,16). The molecule has 2 aromatic rings. The molecule has 1 amide bonds. The summed E-state index contributed by atoms with van der Waals surface area (Å²) < 4.78 is 4.78. The molecular formula is C14H15NO3S2. The van der Waals surface area contributed by atoms with Crippen LogP contribution in [-0.2, 0) is 4.74 Å². The molecule has 4 nitrogen and oxygen atoms in total. The molecule has 0 atom stereocenters. The van der Waals surface area contributed by atoms with Gasteiger partial charge in [0.2, 0.25) is 0 Å². The number of hydrogen-bond donors (Lipinski definition) is 1. The summed E-state index contributed by atoms with van der Waals surface area (Å²) in [6, 6.07) is 1.82. The van der Waals surface area contributed by atoms with Crippen LogP contribution in [0.15, 0.2) is 11.4 Å². The Morgan fingerprint density at radius 1 is 1.25 bits per heavy atom. The van der Waals surface area contributed by atoms with E-state index in [1.54, 1.807) is 5.38 Å². The monoisotopic (exact) mass is 309 g/mol. The van der Waals surface area contributed by atoms with Crippen molar-refractivity contribution in [1.29, 1.82) is 0 Å². The van der Waals surface area contributed by atoms with Crippen LogP contribution in [0.4, 0.5) is 5.00 Å². The third kappa shape index (κ3) is 2.76. The maximum absolute atomic E-state index is 12.2. The molecule has 2 aromatic heterocycles. The molecule has 0 aromatic carbocycles. The number of thiophene rings is 2. The van der Waals surface area contributed by atoms with E-state index in [0.717, 1.165) is 15.3 Å². The minimum Gasteiger partial charge on any atom is -0.465 e. The van der Waals surface area contributed by atoms with Gasteiger partial charge in [0.25, 0.3) is 5.91 Å². The van der Waals surface area contributed by atoms with Crippen molar-refractivity contribution in [3.8, 4) is 0 Å². The largest absolute Gasteiger partial charge is 0.465 e. The minimum absolute atomic E-state index is 0.208. The molecule has 0 saturated heterocycles. The van der Waals surface area contributed by atoms with E-state index in [4.69, 9.17) is 4.74 Å². The highest BCUT2D eigenvalue weighted by molar-refractivity contribution is 7.17. The number of amides is 1. The summed E-state index contributed by atoms with van der Waals surface area (Å²) in [5.74, 6) is -0.635. The zero-order valence-electron chi connectivity index (χ0n) is 11.7. The van der Waals surface area contributed by atoms with E-state index >= 15 is 0 Å². The molecule has 2 heterocycles. The quantitative estimate of drug-likeness (QED) is 0.878. The Hall–Kier alpha value is -1.66. The Balaban J connectivity index is 2.32. The van der Waals surface area contributed by atoms with Crippen LogP contribution < -0.4 is 5.32 Å². The lowest BCUT2D eigenvalue weighted by atomic mass is 10.1. The van der Waals surface area contributed by atoms with Gasteiger partial charge in [0.15, 0.2) is 0 Å². The summed E-state index contributed by atoms with van der Waals surface area (Å²) in [5.41, 5.74) is 1.89. The first-order chi connectivity index (χ1) is 9.43. The summed E-state index contributed by atoms with van der Waals surface area (Å²) in [7, 11) is 1.34. The Bertz CT molecular complexity index is 670. The second kappa shape index (κ2) is 5.76. The first-order valence-electron chi connectivity index (χ1n) is 5.98. The van der Waals surface area contributed by atoms with Gasteiger partial charge in [-0.15, -0.1) is 22.7 Å². The molecule has 6 heteroatoms. The summed E-state index contributed by atoms with van der Waals surface area (Å²) in [6.07, 6.45) is 0. The number of carbonyl (C=O) groups is 2. The predicted octanol–water partition coefficient (Wildman–Crippen LogP) is 3.77. The first kappa shape index (κ1) is 14.7. The second-order valence-electron chi connectivity index (χ2n) is 4.38. The molecule has 0 radical (unpaired) electrons. The lowest BCUT2D eigenvalue weighted by Crippen LogP contribution is -2.13. The molecule has 0 spiro atoms. The molecule has 0 unspecified atom stereocenters. The van der Waals surface area contributed by atoms with Crippen molar-refractivity contribution in [3.63, 3.8) is 0 Å². The lowest BCUT2D eigenvalue weighted by Gasteiger charge is -2.05. The van der Waals surface area contributed by atoms with Gasteiger partial charge in [-0.3, -0.25) is 4.79 Å². The molecule has 0 saturated carbocycles. The highest BCUT2D eigenvalue weighted by Gasteiger charge is 2.22. The Morgan fingerprint density at radius 3 is 2.50 bits per heavy atom. The fourth-order valence-electron chi connectivity index (χ4n) is 1.80. The van der Waals surface area contributed by atoms with Crippen LogP contribution >= 0.6 is 22.7 Å². The van der Waals surface area contributed by atoms with Crippen molar-refractivity contribution in [1.82, 2.24) is 0 Å². The van der Waals surface area contributed by atoms with E-state index in [2.05, 4.69) is 5.32 Å². The third-order valence-corrected chi connectivity index (χ3v) is 4.98. The number of methoxy groups -OCH3 is 1. The third-order valence-electron chi connectivity index (χ3n) is 2.99. The molecular weight excluding hydrogens is 294 g/mol. The molecule has 106 valence electrons. The number of rotatable bonds is 3. The van der Waals surface area contributed by atoms with Crippen LogP contribution in [0.2, 0.25) is 0 Å². The average molecular weight is 309 g/mol. The van der Waals surface area contributed by atoms with Crippen LogP contribution in [0.5, 0.6) is 0 Å². The molecule has 0 fully saturated rings. The van der Waals surface area contributed by atoms with E-state index in [1.807, 2.05) is 26.8 Å². The fourth-order valence-corrected chi connectivity index (χ4v) is 3.53. The molecule has 0 aliphatic carbocycles. The minimum atomic E-state index is -0.427. The molecule has 0 bridgehead atoms. The van der Waals surface area contributed by atoms with Crippen molar-refractivity contribution < 1.29 is 14.3 Å². The topological polar surface area (TPSA) is 55.4 Å². The summed E-state index contributed by atoms with van der Waals surface area (Å²) in [4.78, 5) is 26.0. The van der Waals surface area contributed by atoms with Crippen molar-refractivity contribution >= 4 is 39.6 Å². The number of nitrogens with one attached hydrogen (secondary N) is 1. The average Bonchev–Trinajstić information content (AvgIpc) is 2.94. The van der Waals surface area contributed by atoms with Crippen molar-refractivity contribution in [2.75, 3.05) is 12.4 Å². The van der Waals surface area contributed by atoms with Crippen LogP contribution in [0, 0.1) is 20.8 Å². The number of hydrogen-bond acceptors (Lipinski definition) is 5. The van der Waals surface area contributed by atoms with Crippen molar-refractivity contribution in [3.05, 3.63) is 37.9 Å². The van der Waals surface area contributed by atoms with Crippen molar-refractivity contribution in [2.45, 2.75) is 20.8 Å². The van der Waals surface area contributed by atoms with Gasteiger partial charge in [-0.1, -0.05) is 0 Å². The summed E-state index contributed by atoms with van der Waals surface area (Å²) >= 11 is 2.90. The summed E-state index contributed by atoms with van der Waals surface area (Å²) in [6.45, 7) is 5.71. The van der Waals surface area contributed by atoms with Gasteiger partial charge in [-0.2, -0.15) is 0 Å². The van der Waals surface area contributed by atoms with Gasteiger partial charge in [0.05, 0.1) is 18.2 Å². The number of anilines is 1. The van der Waals surface area contributed by atoms with Crippen LogP contribution in [0.1, 0.15) is 36.0 Å². The van der Waals surface area contributed by atoms with Gasteiger partial charge in [-0.05, 0) is 32.4 Å².